The monoisotopic (exact) mass is 400 g/mol. The number of esters is 1. The van der Waals surface area contributed by atoms with Gasteiger partial charge in [-0.25, -0.2) is 4.79 Å². The summed E-state index contributed by atoms with van der Waals surface area (Å²) in [5.41, 5.74) is 2.60. The number of hydrogen-bond donors (Lipinski definition) is 0. The quantitative estimate of drug-likeness (QED) is 0.502. The number of amides is 1. The fraction of sp³-hybridized carbons (Fsp3) is 0.409. The lowest BCUT2D eigenvalue weighted by molar-refractivity contribution is 0.0512. The number of Topliss-reactive ketones (excluding diaryl/α,β-unsaturated/α-hetero) is 1. The SMILES string of the molecule is CCOC(=O)c1c(C)c(C(=O)CN(C)C(=O)c2ccc(OC)cc2)c(C)n1CC. The molecule has 0 aliphatic carbocycles. The van der Waals surface area contributed by atoms with Gasteiger partial charge in [0.1, 0.15) is 11.4 Å². The van der Waals surface area contributed by atoms with Crippen LogP contribution < -0.4 is 4.74 Å². The summed E-state index contributed by atoms with van der Waals surface area (Å²) in [5.74, 6) is -0.283. The van der Waals surface area contributed by atoms with Gasteiger partial charge in [0.25, 0.3) is 5.91 Å². The average molecular weight is 400 g/mol. The smallest absolute Gasteiger partial charge is 0.355 e. The Hall–Kier alpha value is -3.09. The number of nitrogens with zero attached hydrogens (tertiary/aromatic N) is 2. The van der Waals surface area contributed by atoms with Gasteiger partial charge in [0.15, 0.2) is 5.78 Å². The zero-order chi connectivity index (χ0) is 21.7. The maximum Gasteiger partial charge on any atom is 0.355 e. The maximum absolute atomic E-state index is 13.0. The number of carbonyl (C=O) groups excluding carboxylic acids is 3. The highest BCUT2D eigenvalue weighted by atomic mass is 16.5. The van der Waals surface area contributed by atoms with Crippen LogP contribution in [-0.4, -0.2) is 54.4 Å². The minimum Gasteiger partial charge on any atom is -0.497 e. The first-order valence-corrected chi connectivity index (χ1v) is 9.56. The Labute approximate surface area is 171 Å². The maximum atomic E-state index is 13.0. The number of aromatic nitrogens is 1. The van der Waals surface area contributed by atoms with Crippen molar-refractivity contribution in [2.24, 2.45) is 0 Å². The first kappa shape index (κ1) is 22.2. The lowest BCUT2D eigenvalue weighted by Crippen LogP contribution is -2.32. The molecular weight excluding hydrogens is 372 g/mol. The number of methoxy groups -OCH3 is 1. The van der Waals surface area contributed by atoms with E-state index in [9.17, 15) is 14.4 Å². The number of ketones is 1. The van der Waals surface area contributed by atoms with Crippen molar-refractivity contribution in [3.8, 4) is 5.75 Å². The molecule has 0 aliphatic rings. The van der Waals surface area contributed by atoms with Crippen molar-refractivity contribution < 1.29 is 23.9 Å². The van der Waals surface area contributed by atoms with Crippen molar-refractivity contribution in [3.05, 3.63) is 52.3 Å². The fourth-order valence-corrected chi connectivity index (χ4v) is 3.48. The molecule has 0 atom stereocenters. The van der Waals surface area contributed by atoms with Gasteiger partial charge in [0.05, 0.1) is 20.3 Å². The van der Waals surface area contributed by atoms with E-state index >= 15 is 0 Å². The molecule has 0 radical (unpaired) electrons. The molecule has 0 unspecified atom stereocenters. The highest BCUT2D eigenvalue weighted by Gasteiger charge is 2.27. The summed E-state index contributed by atoms with van der Waals surface area (Å²) in [5, 5.41) is 0. The minimum absolute atomic E-state index is 0.0947. The predicted molar refractivity (Wildman–Crippen MR) is 110 cm³/mol. The molecule has 7 heteroatoms. The Balaban J connectivity index is 2.27. The van der Waals surface area contributed by atoms with E-state index in [2.05, 4.69) is 0 Å². The topological polar surface area (TPSA) is 77.8 Å². The Morgan fingerprint density at radius 2 is 1.69 bits per heavy atom. The molecule has 1 aromatic carbocycles. The van der Waals surface area contributed by atoms with Gasteiger partial charge in [-0.1, -0.05) is 0 Å². The largest absolute Gasteiger partial charge is 0.497 e. The average Bonchev–Trinajstić information content (AvgIpc) is 2.97. The Bertz CT molecular complexity index is 912. The van der Waals surface area contributed by atoms with Gasteiger partial charge in [-0.2, -0.15) is 0 Å². The summed E-state index contributed by atoms with van der Waals surface area (Å²) in [6.07, 6.45) is 0. The van der Waals surface area contributed by atoms with Crippen LogP contribution in [0.25, 0.3) is 0 Å². The molecule has 29 heavy (non-hydrogen) atoms. The zero-order valence-electron chi connectivity index (χ0n) is 17.9. The second-order valence-electron chi connectivity index (χ2n) is 6.71. The van der Waals surface area contributed by atoms with E-state index in [1.54, 1.807) is 63.8 Å². The fourth-order valence-electron chi connectivity index (χ4n) is 3.48. The minimum atomic E-state index is -0.448. The standard InChI is InChI=1S/C22H28N2O5/c1-7-24-15(4)19(14(3)20(24)22(27)29-8-2)18(25)13-23(5)21(26)16-9-11-17(28-6)12-10-16/h9-12H,7-8,13H2,1-6H3. The third kappa shape index (κ3) is 4.50. The highest BCUT2D eigenvalue weighted by Crippen LogP contribution is 2.24. The van der Waals surface area contributed by atoms with E-state index in [0.717, 1.165) is 0 Å². The van der Waals surface area contributed by atoms with Crippen LogP contribution >= 0.6 is 0 Å². The van der Waals surface area contributed by atoms with Crippen LogP contribution in [0.2, 0.25) is 0 Å². The van der Waals surface area contributed by atoms with Gasteiger partial charge in [-0.15, -0.1) is 0 Å². The lowest BCUT2D eigenvalue weighted by atomic mass is 10.0. The summed E-state index contributed by atoms with van der Waals surface area (Å²) in [7, 11) is 3.14. The van der Waals surface area contributed by atoms with Crippen LogP contribution in [0.5, 0.6) is 5.75 Å². The molecule has 1 aromatic heterocycles. The zero-order valence-corrected chi connectivity index (χ0v) is 17.9. The molecule has 0 spiro atoms. The molecule has 0 bridgehead atoms. The van der Waals surface area contributed by atoms with Crippen LogP contribution in [0.15, 0.2) is 24.3 Å². The molecule has 0 saturated heterocycles. The van der Waals surface area contributed by atoms with Gasteiger partial charge in [-0.05, 0) is 57.5 Å². The van der Waals surface area contributed by atoms with Gasteiger partial charge in [-0.3, -0.25) is 9.59 Å². The molecule has 2 rings (SSSR count). The summed E-state index contributed by atoms with van der Waals surface area (Å²) >= 11 is 0. The van der Waals surface area contributed by atoms with Crippen molar-refractivity contribution in [2.45, 2.75) is 34.2 Å². The Kier molecular flexibility index (Phi) is 7.20. The normalized spacial score (nSPS) is 10.6. The van der Waals surface area contributed by atoms with E-state index in [1.165, 1.54) is 4.90 Å². The summed E-state index contributed by atoms with van der Waals surface area (Å²) in [6.45, 7) is 7.89. The van der Waals surface area contributed by atoms with E-state index < -0.39 is 5.97 Å². The molecule has 1 heterocycles. The second-order valence-corrected chi connectivity index (χ2v) is 6.71. The number of benzene rings is 1. The van der Waals surface area contributed by atoms with Gasteiger partial charge in [0.2, 0.25) is 0 Å². The third-order valence-electron chi connectivity index (χ3n) is 4.90. The van der Waals surface area contributed by atoms with Crippen LogP contribution in [0.4, 0.5) is 0 Å². The van der Waals surface area contributed by atoms with Crippen LogP contribution in [-0.2, 0) is 11.3 Å². The summed E-state index contributed by atoms with van der Waals surface area (Å²) in [4.78, 5) is 39.4. The second kappa shape index (κ2) is 9.41. The Morgan fingerprint density at radius 1 is 1.07 bits per heavy atom. The first-order valence-electron chi connectivity index (χ1n) is 9.56. The van der Waals surface area contributed by atoms with E-state index in [4.69, 9.17) is 9.47 Å². The third-order valence-corrected chi connectivity index (χ3v) is 4.90. The molecular formula is C22H28N2O5. The van der Waals surface area contributed by atoms with E-state index in [0.29, 0.717) is 40.4 Å². The van der Waals surface area contributed by atoms with Crippen LogP contribution in [0, 0.1) is 13.8 Å². The Morgan fingerprint density at radius 3 is 2.21 bits per heavy atom. The van der Waals surface area contributed by atoms with E-state index in [1.807, 2.05) is 6.92 Å². The number of likely N-dealkylation sites (N-methyl/N-ethyl adjacent to an activating group) is 1. The molecule has 2 aromatic rings. The molecule has 1 amide bonds. The summed E-state index contributed by atoms with van der Waals surface area (Å²) < 4.78 is 12.0. The van der Waals surface area contributed by atoms with Crippen LogP contribution in [0.1, 0.15) is 56.3 Å². The van der Waals surface area contributed by atoms with Crippen molar-refractivity contribution >= 4 is 17.7 Å². The molecule has 0 fully saturated rings. The molecule has 156 valence electrons. The van der Waals surface area contributed by atoms with Crippen molar-refractivity contribution in [1.29, 1.82) is 0 Å². The molecule has 0 aliphatic heterocycles. The molecule has 0 N–H and O–H groups in total. The summed E-state index contributed by atoms with van der Waals surface area (Å²) in [6, 6.07) is 6.71. The van der Waals surface area contributed by atoms with Gasteiger partial charge >= 0.3 is 5.97 Å². The van der Waals surface area contributed by atoms with Crippen molar-refractivity contribution in [3.63, 3.8) is 0 Å². The van der Waals surface area contributed by atoms with E-state index in [-0.39, 0.29) is 24.8 Å². The number of ether oxygens (including phenoxy) is 2. The highest BCUT2D eigenvalue weighted by molar-refractivity contribution is 6.06. The number of rotatable bonds is 8. The predicted octanol–water partition coefficient (Wildman–Crippen LogP) is 3.27. The van der Waals surface area contributed by atoms with Gasteiger partial charge < -0.3 is 18.9 Å². The first-order chi connectivity index (χ1) is 13.8. The number of hydrogen-bond acceptors (Lipinski definition) is 5. The van der Waals surface area contributed by atoms with Gasteiger partial charge in [0, 0.05) is 30.4 Å². The van der Waals surface area contributed by atoms with Crippen LogP contribution in [0.3, 0.4) is 0 Å². The molecule has 7 nitrogen and oxygen atoms in total. The van der Waals surface area contributed by atoms with Crippen molar-refractivity contribution in [2.75, 3.05) is 27.3 Å². The van der Waals surface area contributed by atoms with Crippen molar-refractivity contribution in [1.82, 2.24) is 9.47 Å². The molecule has 0 saturated carbocycles. The number of carbonyl (C=O) groups is 3. The lowest BCUT2D eigenvalue weighted by Gasteiger charge is -2.17.